The van der Waals surface area contributed by atoms with Gasteiger partial charge in [0.25, 0.3) is 0 Å². The molecule has 3 rings (SSSR count). The fourth-order valence-electron chi connectivity index (χ4n) is 3.77. The minimum Gasteiger partial charge on any atom is -0.352 e. The number of rotatable bonds is 5. The number of halogens is 6. The molecule has 31 heavy (non-hydrogen) atoms. The number of hydrogen-bond donors (Lipinski definition) is 0. The van der Waals surface area contributed by atoms with Crippen molar-refractivity contribution in [1.29, 1.82) is 0 Å². The minimum absolute atomic E-state index is 0.0133. The zero-order chi connectivity index (χ0) is 22.8. The fraction of sp³-hybridized carbons (Fsp3) is 0.391. The van der Waals surface area contributed by atoms with Crippen LogP contribution in [0.2, 0.25) is 0 Å². The summed E-state index contributed by atoms with van der Waals surface area (Å²) >= 11 is 0. The Balaban J connectivity index is 1.93. The molecule has 0 spiro atoms. The van der Waals surface area contributed by atoms with Crippen LogP contribution < -0.4 is 0 Å². The number of benzene rings is 2. The maximum absolute atomic E-state index is 13.2. The van der Waals surface area contributed by atoms with Gasteiger partial charge in [0.1, 0.15) is 0 Å². The molecule has 0 radical (unpaired) electrons. The Morgan fingerprint density at radius 1 is 1.00 bits per heavy atom. The van der Waals surface area contributed by atoms with Crippen LogP contribution in [0.15, 0.2) is 61.2 Å². The second-order valence-corrected chi connectivity index (χ2v) is 7.48. The zero-order valence-electron chi connectivity index (χ0n) is 16.7. The molecule has 2 aromatic carbocycles. The van der Waals surface area contributed by atoms with Crippen LogP contribution in [-0.4, -0.2) is 12.9 Å². The summed E-state index contributed by atoms with van der Waals surface area (Å²) < 4.78 is 90.8. The van der Waals surface area contributed by atoms with E-state index in [2.05, 4.69) is 6.58 Å². The minimum atomic E-state index is -4.92. The van der Waals surface area contributed by atoms with Gasteiger partial charge in [-0.1, -0.05) is 36.4 Å². The number of alkyl halides is 6. The SMILES string of the molecule is C=C[C@H]1CCO[C@H](OC(C)c2cc(C(F)(F)F)cc(C(F)(F)F)c2)[C@H]1c1ccccc1. The maximum Gasteiger partial charge on any atom is 0.416 e. The lowest BCUT2D eigenvalue weighted by Crippen LogP contribution is -2.36. The van der Waals surface area contributed by atoms with Gasteiger partial charge in [0.05, 0.1) is 23.8 Å². The van der Waals surface area contributed by atoms with Crippen molar-refractivity contribution in [2.75, 3.05) is 6.61 Å². The van der Waals surface area contributed by atoms with Gasteiger partial charge in [0, 0.05) is 5.92 Å². The van der Waals surface area contributed by atoms with E-state index in [4.69, 9.17) is 9.47 Å². The molecule has 8 heteroatoms. The summed E-state index contributed by atoms with van der Waals surface area (Å²) in [6, 6.07) is 10.8. The number of allylic oxidation sites excluding steroid dienone is 1. The van der Waals surface area contributed by atoms with Gasteiger partial charge >= 0.3 is 12.4 Å². The number of hydrogen-bond acceptors (Lipinski definition) is 2. The second-order valence-electron chi connectivity index (χ2n) is 7.48. The lowest BCUT2D eigenvalue weighted by molar-refractivity contribution is -0.205. The number of ether oxygens (including phenoxy) is 2. The molecule has 4 atom stereocenters. The lowest BCUT2D eigenvalue weighted by atomic mass is 9.82. The molecule has 1 fully saturated rings. The molecule has 0 aliphatic carbocycles. The normalized spacial score (nSPS) is 23.4. The van der Waals surface area contributed by atoms with Crippen LogP contribution in [0.5, 0.6) is 0 Å². The molecule has 0 saturated carbocycles. The smallest absolute Gasteiger partial charge is 0.352 e. The summed E-state index contributed by atoms with van der Waals surface area (Å²) in [4.78, 5) is 0. The van der Waals surface area contributed by atoms with Gasteiger partial charge in [-0.15, -0.1) is 6.58 Å². The van der Waals surface area contributed by atoms with Crippen LogP contribution in [0, 0.1) is 5.92 Å². The van der Waals surface area contributed by atoms with Crippen molar-refractivity contribution >= 4 is 0 Å². The van der Waals surface area contributed by atoms with E-state index in [9.17, 15) is 26.3 Å². The van der Waals surface area contributed by atoms with Crippen molar-refractivity contribution in [2.24, 2.45) is 5.92 Å². The Morgan fingerprint density at radius 3 is 2.10 bits per heavy atom. The van der Waals surface area contributed by atoms with Crippen LogP contribution in [0.4, 0.5) is 26.3 Å². The molecular formula is C23H22F6O2. The van der Waals surface area contributed by atoms with Crippen molar-refractivity contribution in [3.63, 3.8) is 0 Å². The topological polar surface area (TPSA) is 18.5 Å². The van der Waals surface area contributed by atoms with Crippen molar-refractivity contribution in [1.82, 2.24) is 0 Å². The summed E-state index contributed by atoms with van der Waals surface area (Å²) in [5.74, 6) is -0.302. The highest BCUT2D eigenvalue weighted by Crippen LogP contribution is 2.41. The van der Waals surface area contributed by atoms with Crippen LogP contribution in [0.1, 0.15) is 47.6 Å². The highest BCUT2D eigenvalue weighted by Gasteiger charge is 2.39. The van der Waals surface area contributed by atoms with E-state index in [1.165, 1.54) is 6.92 Å². The maximum atomic E-state index is 13.2. The Labute approximate surface area is 176 Å². The molecule has 1 saturated heterocycles. The average molecular weight is 444 g/mol. The fourth-order valence-corrected chi connectivity index (χ4v) is 3.77. The van der Waals surface area contributed by atoms with Crippen molar-refractivity contribution in [3.05, 3.63) is 83.4 Å². The predicted octanol–water partition coefficient (Wildman–Crippen LogP) is 7.13. The van der Waals surface area contributed by atoms with Gasteiger partial charge in [0.15, 0.2) is 6.29 Å². The molecule has 0 N–H and O–H groups in total. The first kappa shape index (κ1) is 23.3. The Bertz CT molecular complexity index is 859. The summed E-state index contributed by atoms with van der Waals surface area (Å²) in [7, 11) is 0. The van der Waals surface area contributed by atoms with Crippen LogP contribution in [0.3, 0.4) is 0 Å². The van der Waals surface area contributed by atoms with E-state index < -0.39 is 35.9 Å². The van der Waals surface area contributed by atoms with Crippen molar-refractivity contribution in [3.8, 4) is 0 Å². The van der Waals surface area contributed by atoms with E-state index >= 15 is 0 Å². The highest BCUT2D eigenvalue weighted by atomic mass is 19.4. The van der Waals surface area contributed by atoms with Crippen LogP contribution in [-0.2, 0) is 21.8 Å². The Morgan fingerprint density at radius 2 is 1.58 bits per heavy atom. The van der Waals surface area contributed by atoms with Crippen molar-refractivity contribution < 1.29 is 35.8 Å². The second kappa shape index (κ2) is 9.04. The predicted molar refractivity (Wildman–Crippen MR) is 103 cm³/mol. The van der Waals surface area contributed by atoms with E-state index in [0.29, 0.717) is 25.2 Å². The molecule has 1 heterocycles. The lowest BCUT2D eigenvalue weighted by Gasteiger charge is -2.38. The molecule has 0 amide bonds. The van der Waals surface area contributed by atoms with Crippen LogP contribution >= 0.6 is 0 Å². The first-order chi connectivity index (χ1) is 14.5. The summed E-state index contributed by atoms with van der Waals surface area (Å²) in [5.41, 5.74) is -2.08. The first-order valence-corrected chi connectivity index (χ1v) is 9.74. The standard InChI is InChI=1S/C23H22F6O2/c1-3-15-9-10-30-21(20(15)16-7-5-4-6-8-16)31-14(2)17-11-18(22(24,25)26)13-19(12-17)23(27,28)29/h3-8,11-15,20-21H,1,9-10H2,2H3/t14?,15-,20+,21+/m0/s1. The van der Waals surface area contributed by atoms with Gasteiger partial charge in [-0.05, 0) is 48.6 Å². The monoisotopic (exact) mass is 444 g/mol. The quantitative estimate of drug-likeness (QED) is 0.361. The van der Waals surface area contributed by atoms with Crippen LogP contribution in [0.25, 0.3) is 0 Å². The van der Waals surface area contributed by atoms with Gasteiger partial charge in [-0.2, -0.15) is 26.3 Å². The van der Waals surface area contributed by atoms with E-state index in [0.717, 1.165) is 5.56 Å². The summed E-state index contributed by atoms with van der Waals surface area (Å²) in [6.07, 6.45) is -9.30. The van der Waals surface area contributed by atoms with Gasteiger partial charge in [0.2, 0.25) is 0 Å². The molecule has 0 bridgehead atoms. The first-order valence-electron chi connectivity index (χ1n) is 9.74. The van der Waals surface area contributed by atoms with Gasteiger partial charge < -0.3 is 9.47 Å². The summed E-state index contributed by atoms with van der Waals surface area (Å²) in [6.45, 7) is 5.60. The van der Waals surface area contributed by atoms with Crippen molar-refractivity contribution in [2.45, 2.75) is 44.0 Å². The molecule has 2 aromatic rings. The van der Waals surface area contributed by atoms with E-state index in [1.807, 2.05) is 30.3 Å². The third-order valence-corrected chi connectivity index (χ3v) is 5.39. The average Bonchev–Trinajstić information content (AvgIpc) is 2.72. The molecule has 1 aliphatic heterocycles. The molecule has 1 unspecified atom stereocenters. The summed E-state index contributed by atoms with van der Waals surface area (Å²) in [5, 5.41) is 0. The molecule has 2 nitrogen and oxygen atoms in total. The molecular weight excluding hydrogens is 422 g/mol. The zero-order valence-corrected chi connectivity index (χ0v) is 16.7. The largest absolute Gasteiger partial charge is 0.416 e. The Hall–Kier alpha value is -2.32. The molecule has 168 valence electrons. The third-order valence-electron chi connectivity index (χ3n) is 5.39. The van der Waals surface area contributed by atoms with E-state index in [1.54, 1.807) is 6.08 Å². The third kappa shape index (κ3) is 5.49. The van der Waals surface area contributed by atoms with Gasteiger partial charge in [-0.3, -0.25) is 0 Å². The highest BCUT2D eigenvalue weighted by molar-refractivity contribution is 5.35. The molecule has 1 aliphatic rings. The Kier molecular flexibility index (Phi) is 6.81. The van der Waals surface area contributed by atoms with Gasteiger partial charge in [-0.25, -0.2) is 0 Å². The van der Waals surface area contributed by atoms with E-state index in [-0.39, 0.29) is 23.5 Å². The molecule has 0 aromatic heterocycles.